The van der Waals surface area contributed by atoms with Gasteiger partial charge in [0.15, 0.2) is 15.8 Å². The largest absolute Gasteiger partial charge is 0.338 e. The van der Waals surface area contributed by atoms with Crippen LogP contribution in [-0.2, 0) is 10.0 Å². The van der Waals surface area contributed by atoms with Crippen molar-refractivity contribution in [2.45, 2.75) is 17.7 Å². The van der Waals surface area contributed by atoms with Gasteiger partial charge in [-0.15, -0.1) is 0 Å². The Labute approximate surface area is 194 Å². The number of fused-ring (bicyclic) bond motifs is 1. The zero-order valence-electron chi connectivity index (χ0n) is 16.8. The third-order valence-electron chi connectivity index (χ3n) is 5.13. The lowest BCUT2D eigenvalue weighted by Crippen LogP contribution is -2.27. The molecule has 8 nitrogen and oxygen atoms in total. The molecular formula is C21H19ClN6O2S2. The minimum Gasteiger partial charge on any atom is -0.338 e. The van der Waals surface area contributed by atoms with E-state index in [4.69, 9.17) is 11.6 Å². The lowest BCUT2D eigenvalue weighted by molar-refractivity contribution is 0.477. The summed E-state index contributed by atoms with van der Waals surface area (Å²) in [5, 5.41) is 7.67. The highest BCUT2D eigenvalue weighted by molar-refractivity contribution is 7.89. The normalized spacial score (nSPS) is 14.7. The van der Waals surface area contributed by atoms with E-state index in [1.807, 2.05) is 18.2 Å². The first-order chi connectivity index (χ1) is 15.5. The van der Waals surface area contributed by atoms with E-state index in [9.17, 15) is 8.42 Å². The summed E-state index contributed by atoms with van der Waals surface area (Å²) >= 11 is 7.61. The average Bonchev–Trinajstić information content (AvgIpc) is 3.47. The van der Waals surface area contributed by atoms with Gasteiger partial charge in [0, 0.05) is 18.8 Å². The Morgan fingerprint density at radius 2 is 1.72 bits per heavy atom. The van der Waals surface area contributed by atoms with E-state index in [1.54, 1.807) is 30.3 Å². The van der Waals surface area contributed by atoms with Crippen LogP contribution in [0.4, 0.5) is 22.3 Å². The van der Waals surface area contributed by atoms with Crippen LogP contribution in [0.15, 0.2) is 59.8 Å². The second-order valence-electron chi connectivity index (χ2n) is 7.26. The number of hydrogen-bond acceptors (Lipinski definition) is 8. The number of nitrogens with one attached hydrogen (secondary N) is 2. The Hall–Kier alpha value is -2.79. The molecule has 3 heterocycles. The highest BCUT2D eigenvalue weighted by Crippen LogP contribution is 2.33. The molecule has 164 valence electrons. The predicted molar refractivity (Wildman–Crippen MR) is 128 cm³/mol. The zero-order valence-corrected chi connectivity index (χ0v) is 19.2. The van der Waals surface area contributed by atoms with Crippen LogP contribution in [-0.4, -0.2) is 40.8 Å². The molecule has 2 N–H and O–H groups in total. The maximum absolute atomic E-state index is 12.7. The number of para-hydroxylation sites is 1. The van der Waals surface area contributed by atoms with E-state index < -0.39 is 10.0 Å². The van der Waals surface area contributed by atoms with Crippen molar-refractivity contribution in [2.75, 3.05) is 23.7 Å². The number of benzene rings is 2. The van der Waals surface area contributed by atoms with Gasteiger partial charge in [0.25, 0.3) is 0 Å². The fourth-order valence-corrected chi connectivity index (χ4v) is 6.02. The molecule has 4 aromatic rings. The minimum atomic E-state index is -3.44. The molecule has 0 aliphatic carbocycles. The summed E-state index contributed by atoms with van der Waals surface area (Å²) in [5.41, 5.74) is 2.07. The maximum atomic E-state index is 12.7. The number of anilines is 4. The van der Waals surface area contributed by atoms with Crippen LogP contribution in [0.25, 0.3) is 10.3 Å². The summed E-state index contributed by atoms with van der Waals surface area (Å²) in [4.78, 5) is 14.2. The molecule has 1 aliphatic heterocycles. The Morgan fingerprint density at radius 3 is 2.47 bits per heavy atom. The van der Waals surface area contributed by atoms with E-state index in [1.165, 1.54) is 22.0 Å². The van der Waals surface area contributed by atoms with E-state index >= 15 is 0 Å². The smallest absolute Gasteiger partial charge is 0.243 e. The Bertz CT molecular complexity index is 1370. The summed E-state index contributed by atoms with van der Waals surface area (Å²) in [6.45, 7) is 1.16. The van der Waals surface area contributed by atoms with Crippen molar-refractivity contribution in [2.24, 2.45) is 0 Å². The molecule has 2 aromatic heterocycles. The molecule has 0 unspecified atom stereocenters. The van der Waals surface area contributed by atoms with Gasteiger partial charge in [-0.2, -0.15) is 4.31 Å². The fraction of sp³-hybridized carbons (Fsp3) is 0.190. The molecule has 0 spiro atoms. The molecule has 11 heteroatoms. The number of rotatable bonds is 6. The standard InChI is InChI=1S/C21H19ClN6O2S2/c22-16-5-1-2-6-17(16)26-21-27-18-19(23-13-24-20(18)31-21)25-14-7-9-15(10-8-14)32(29,30)28-11-3-4-12-28/h1-2,5-10,13H,3-4,11-12H2,(H,26,27)(H,23,24,25). The second kappa shape index (κ2) is 8.62. The summed E-state index contributed by atoms with van der Waals surface area (Å²) in [6, 6.07) is 14.1. The predicted octanol–water partition coefficient (Wildman–Crippen LogP) is 5.01. The van der Waals surface area contributed by atoms with Crippen molar-refractivity contribution in [1.82, 2.24) is 19.3 Å². The van der Waals surface area contributed by atoms with Gasteiger partial charge in [-0.05, 0) is 49.2 Å². The summed E-state index contributed by atoms with van der Waals surface area (Å²) in [6.07, 6.45) is 3.28. The van der Waals surface area contributed by atoms with Gasteiger partial charge in [0.05, 0.1) is 15.6 Å². The van der Waals surface area contributed by atoms with Crippen molar-refractivity contribution in [3.63, 3.8) is 0 Å². The van der Waals surface area contributed by atoms with Crippen LogP contribution in [0.1, 0.15) is 12.8 Å². The van der Waals surface area contributed by atoms with Crippen LogP contribution in [0.3, 0.4) is 0 Å². The van der Waals surface area contributed by atoms with Crippen LogP contribution in [0.5, 0.6) is 0 Å². The number of halogens is 1. The first-order valence-electron chi connectivity index (χ1n) is 10.0. The third-order valence-corrected chi connectivity index (χ3v) is 8.25. The quantitative estimate of drug-likeness (QED) is 0.395. The summed E-state index contributed by atoms with van der Waals surface area (Å²) in [7, 11) is -3.44. The van der Waals surface area contributed by atoms with Crippen molar-refractivity contribution in [3.05, 3.63) is 59.9 Å². The molecule has 1 aliphatic rings. The van der Waals surface area contributed by atoms with Crippen LogP contribution in [0, 0.1) is 0 Å². The first kappa shape index (κ1) is 21.1. The Balaban J connectivity index is 1.38. The third kappa shape index (κ3) is 4.14. The molecule has 0 amide bonds. The highest BCUT2D eigenvalue weighted by atomic mass is 35.5. The molecule has 0 bridgehead atoms. The molecule has 1 fully saturated rings. The maximum Gasteiger partial charge on any atom is 0.243 e. The Morgan fingerprint density at radius 1 is 0.969 bits per heavy atom. The van der Waals surface area contributed by atoms with Gasteiger partial charge in [0.1, 0.15) is 11.8 Å². The monoisotopic (exact) mass is 486 g/mol. The van der Waals surface area contributed by atoms with Gasteiger partial charge in [-0.3, -0.25) is 0 Å². The molecule has 2 aromatic carbocycles. The fourth-order valence-electron chi connectivity index (χ4n) is 3.50. The molecule has 1 saturated heterocycles. The first-order valence-corrected chi connectivity index (χ1v) is 12.6. The van der Waals surface area contributed by atoms with Crippen molar-refractivity contribution >= 4 is 65.6 Å². The van der Waals surface area contributed by atoms with Crippen molar-refractivity contribution in [3.8, 4) is 0 Å². The SMILES string of the molecule is O=S(=O)(c1ccc(Nc2ncnc3sc(Nc4ccccc4Cl)nc23)cc1)N1CCCC1. The molecular weight excluding hydrogens is 468 g/mol. The van der Waals surface area contributed by atoms with Gasteiger partial charge in [-0.25, -0.2) is 23.4 Å². The minimum absolute atomic E-state index is 0.290. The van der Waals surface area contributed by atoms with Gasteiger partial charge in [0.2, 0.25) is 10.0 Å². The summed E-state index contributed by atoms with van der Waals surface area (Å²) in [5.74, 6) is 0.536. The van der Waals surface area contributed by atoms with E-state index in [-0.39, 0.29) is 4.90 Å². The topological polar surface area (TPSA) is 100 Å². The van der Waals surface area contributed by atoms with Crippen molar-refractivity contribution < 1.29 is 8.42 Å². The van der Waals surface area contributed by atoms with E-state index in [0.717, 1.165) is 18.5 Å². The van der Waals surface area contributed by atoms with Gasteiger partial charge < -0.3 is 10.6 Å². The number of thiazole rings is 1. The molecule has 0 atom stereocenters. The average molecular weight is 487 g/mol. The van der Waals surface area contributed by atoms with E-state index in [0.29, 0.717) is 45.1 Å². The molecule has 0 radical (unpaired) electrons. The Kier molecular flexibility index (Phi) is 5.68. The van der Waals surface area contributed by atoms with E-state index in [2.05, 4.69) is 25.6 Å². The van der Waals surface area contributed by atoms with Gasteiger partial charge >= 0.3 is 0 Å². The lowest BCUT2D eigenvalue weighted by atomic mass is 10.3. The number of hydrogen-bond donors (Lipinski definition) is 2. The number of nitrogens with zero attached hydrogens (tertiary/aromatic N) is 4. The van der Waals surface area contributed by atoms with Crippen LogP contribution >= 0.6 is 22.9 Å². The molecule has 32 heavy (non-hydrogen) atoms. The summed E-state index contributed by atoms with van der Waals surface area (Å²) < 4.78 is 27.0. The van der Waals surface area contributed by atoms with Crippen molar-refractivity contribution in [1.29, 1.82) is 0 Å². The second-order valence-corrected chi connectivity index (χ2v) is 10.6. The van der Waals surface area contributed by atoms with Crippen LogP contribution < -0.4 is 10.6 Å². The zero-order chi connectivity index (χ0) is 22.1. The number of sulfonamides is 1. The highest BCUT2D eigenvalue weighted by Gasteiger charge is 2.27. The van der Waals surface area contributed by atoms with Gasteiger partial charge in [-0.1, -0.05) is 35.1 Å². The van der Waals surface area contributed by atoms with Crippen LogP contribution in [0.2, 0.25) is 5.02 Å². The molecule has 5 rings (SSSR count). The lowest BCUT2D eigenvalue weighted by Gasteiger charge is -2.15. The molecule has 0 saturated carbocycles. The number of aromatic nitrogens is 3.